The molecule has 0 atom stereocenters. The van der Waals surface area contributed by atoms with E-state index in [1.165, 1.54) is 12.0 Å². The molecule has 1 aromatic carbocycles. The van der Waals surface area contributed by atoms with Gasteiger partial charge in [0.1, 0.15) is 13.2 Å². The molecule has 9 heteroatoms. The Morgan fingerprint density at radius 2 is 1.88 bits per heavy atom. The van der Waals surface area contributed by atoms with Crippen molar-refractivity contribution < 1.29 is 19.0 Å². The van der Waals surface area contributed by atoms with E-state index >= 15 is 0 Å². The zero-order chi connectivity index (χ0) is 23.6. The molecule has 2 aliphatic heterocycles. The highest BCUT2D eigenvalue weighted by Gasteiger charge is 2.18. The van der Waals surface area contributed by atoms with Gasteiger partial charge in [-0.1, -0.05) is 29.8 Å². The monoisotopic (exact) mass is 467 g/mol. The third-order valence-corrected chi connectivity index (χ3v) is 5.83. The number of amides is 1. The summed E-state index contributed by atoms with van der Waals surface area (Å²) >= 11 is 0. The molecule has 2 fully saturated rings. The Morgan fingerprint density at radius 1 is 1.06 bits per heavy atom. The number of piperidine rings is 1. The molecule has 0 unspecified atom stereocenters. The second-order valence-corrected chi connectivity index (χ2v) is 8.52. The maximum absolute atomic E-state index is 12.2. The van der Waals surface area contributed by atoms with Crippen molar-refractivity contribution in [1.82, 2.24) is 9.88 Å². The molecule has 0 saturated carbocycles. The zero-order valence-electron chi connectivity index (χ0n) is 19.8. The van der Waals surface area contributed by atoms with E-state index in [4.69, 9.17) is 14.2 Å². The van der Waals surface area contributed by atoms with Crippen molar-refractivity contribution in [2.45, 2.75) is 32.7 Å². The molecule has 2 saturated heterocycles. The Balaban J connectivity index is 1.37. The van der Waals surface area contributed by atoms with E-state index in [2.05, 4.69) is 39.2 Å². The summed E-state index contributed by atoms with van der Waals surface area (Å²) in [6, 6.07) is 12.0. The minimum absolute atomic E-state index is 0.170. The van der Waals surface area contributed by atoms with Crippen molar-refractivity contribution >= 4 is 17.6 Å². The predicted octanol–water partition coefficient (Wildman–Crippen LogP) is 4.51. The lowest BCUT2D eigenvalue weighted by Crippen LogP contribution is -2.36. The number of ether oxygens (including phenoxy) is 3. The summed E-state index contributed by atoms with van der Waals surface area (Å²) in [6.45, 7) is 7.38. The van der Waals surface area contributed by atoms with Crippen LogP contribution in [-0.4, -0.2) is 68.6 Å². The summed E-state index contributed by atoms with van der Waals surface area (Å²) in [5.41, 5.74) is 3.25. The lowest BCUT2D eigenvalue weighted by atomic mass is 10.1. The second-order valence-electron chi connectivity index (χ2n) is 8.52. The smallest absolute Gasteiger partial charge is 0.409 e. The van der Waals surface area contributed by atoms with Crippen LogP contribution in [0, 0.1) is 6.92 Å². The van der Waals surface area contributed by atoms with E-state index in [9.17, 15) is 4.79 Å². The molecule has 4 rings (SSSR count). The molecule has 2 aliphatic rings. The first-order valence-electron chi connectivity index (χ1n) is 12.0. The van der Waals surface area contributed by atoms with Gasteiger partial charge >= 0.3 is 6.09 Å². The molecule has 1 aromatic heterocycles. The molecule has 1 amide bonds. The molecular weight excluding hydrogens is 434 g/mol. The van der Waals surface area contributed by atoms with Gasteiger partial charge in [0.25, 0.3) is 0 Å². The highest BCUT2D eigenvalue weighted by molar-refractivity contribution is 5.67. The van der Waals surface area contributed by atoms with Gasteiger partial charge in [-0.2, -0.15) is 10.1 Å². The molecule has 0 bridgehead atoms. The molecule has 34 heavy (non-hydrogen) atoms. The van der Waals surface area contributed by atoms with Crippen LogP contribution in [0.2, 0.25) is 0 Å². The Kier molecular flexibility index (Phi) is 8.67. The van der Waals surface area contributed by atoms with Gasteiger partial charge in [-0.15, -0.1) is 5.11 Å². The maximum atomic E-state index is 12.2. The molecular formula is C25H33N5O4. The first-order valence-corrected chi connectivity index (χ1v) is 12.0. The minimum Gasteiger partial charge on any atom is -0.474 e. The van der Waals surface area contributed by atoms with Crippen molar-refractivity contribution in [1.29, 1.82) is 0 Å². The number of rotatable bonds is 8. The van der Waals surface area contributed by atoms with Crippen LogP contribution in [0.5, 0.6) is 5.88 Å². The fraction of sp³-hybridized carbons (Fsp3) is 0.520. The molecule has 0 N–H and O–H groups in total. The normalized spacial score (nSPS) is 16.6. The van der Waals surface area contributed by atoms with E-state index in [-0.39, 0.29) is 19.3 Å². The number of carbonyl (C=O) groups excluding carboxylic acids is 1. The van der Waals surface area contributed by atoms with Gasteiger partial charge in [-0.3, -0.25) is 0 Å². The third-order valence-electron chi connectivity index (χ3n) is 5.83. The largest absolute Gasteiger partial charge is 0.474 e. The number of aryl methyl sites for hydroxylation is 1. The Bertz CT molecular complexity index is 972. The number of azo groups is 1. The fourth-order valence-corrected chi connectivity index (χ4v) is 4.05. The molecule has 9 nitrogen and oxygen atoms in total. The van der Waals surface area contributed by atoms with Crippen molar-refractivity contribution in [2.24, 2.45) is 10.2 Å². The molecule has 3 heterocycles. The van der Waals surface area contributed by atoms with Crippen LogP contribution in [0.15, 0.2) is 46.6 Å². The first-order chi connectivity index (χ1) is 16.7. The van der Waals surface area contributed by atoms with E-state index in [1.807, 2.05) is 24.3 Å². The average Bonchev–Trinajstić information content (AvgIpc) is 2.87. The Hall–Kier alpha value is -3.20. The summed E-state index contributed by atoms with van der Waals surface area (Å²) in [7, 11) is 0. The van der Waals surface area contributed by atoms with Gasteiger partial charge in [-0.05, 0) is 31.7 Å². The average molecular weight is 468 g/mol. The number of hydrogen-bond acceptors (Lipinski definition) is 8. The molecule has 0 radical (unpaired) electrons. The molecule has 0 spiro atoms. The highest BCUT2D eigenvalue weighted by atomic mass is 16.6. The van der Waals surface area contributed by atoms with E-state index in [0.29, 0.717) is 31.5 Å². The highest BCUT2D eigenvalue weighted by Crippen LogP contribution is 2.26. The number of morpholine rings is 1. The summed E-state index contributed by atoms with van der Waals surface area (Å²) in [5.74, 6) is 0.916. The van der Waals surface area contributed by atoms with Gasteiger partial charge < -0.3 is 24.0 Å². The predicted molar refractivity (Wildman–Crippen MR) is 129 cm³/mol. The zero-order valence-corrected chi connectivity index (χ0v) is 19.8. The number of pyridine rings is 1. The van der Waals surface area contributed by atoms with E-state index in [0.717, 1.165) is 50.3 Å². The number of nitrogens with zero attached hydrogens (tertiary/aromatic N) is 5. The standard InChI is InChI=1S/C25H33N5O4/c1-20-6-5-7-21(16-20)19-26-28-23-17-22(29-10-12-32-13-11-29)18-24(27-23)33-14-15-34-25(31)30-8-3-2-4-9-30/h5-7,16-18H,2-4,8-15,19H2,1H3. The first kappa shape index (κ1) is 23.9. The SMILES string of the molecule is Cc1cccc(CN=Nc2cc(N3CCOCC3)cc(OCCOC(=O)N3CCCCC3)n2)c1. The topological polar surface area (TPSA) is 88.8 Å². The fourth-order valence-electron chi connectivity index (χ4n) is 4.05. The van der Waals surface area contributed by atoms with Crippen LogP contribution >= 0.6 is 0 Å². The number of benzene rings is 1. The van der Waals surface area contributed by atoms with Crippen LogP contribution in [0.25, 0.3) is 0 Å². The molecule has 2 aromatic rings. The minimum atomic E-state index is -0.274. The number of likely N-dealkylation sites (tertiary alicyclic amines) is 1. The summed E-state index contributed by atoms with van der Waals surface area (Å²) in [4.78, 5) is 20.6. The van der Waals surface area contributed by atoms with Crippen LogP contribution < -0.4 is 9.64 Å². The lowest BCUT2D eigenvalue weighted by molar-refractivity contribution is 0.0817. The van der Waals surface area contributed by atoms with Crippen LogP contribution in [-0.2, 0) is 16.0 Å². The maximum Gasteiger partial charge on any atom is 0.409 e. The Morgan fingerprint density at radius 3 is 2.68 bits per heavy atom. The molecule has 182 valence electrons. The van der Waals surface area contributed by atoms with E-state index < -0.39 is 0 Å². The van der Waals surface area contributed by atoms with Gasteiger partial charge in [-0.25, -0.2) is 4.79 Å². The number of carbonyl (C=O) groups is 1. The summed E-state index contributed by atoms with van der Waals surface area (Å²) in [6.07, 6.45) is 2.96. The number of anilines is 1. The van der Waals surface area contributed by atoms with Gasteiger partial charge in [0.15, 0.2) is 5.82 Å². The summed E-state index contributed by atoms with van der Waals surface area (Å²) < 4.78 is 16.7. The van der Waals surface area contributed by atoms with Crippen LogP contribution in [0.3, 0.4) is 0 Å². The van der Waals surface area contributed by atoms with Crippen molar-refractivity contribution in [3.63, 3.8) is 0 Å². The van der Waals surface area contributed by atoms with Crippen molar-refractivity contribution in [3.05, 3.63) is 47.5 Å². The lowest BCUT2D eigenvalue weighted by Gasteiger charge is -2.29. The number of hydrogen-bond donors (Lipinski definition) is 0. The van der Waals surface area contributed by atoms with Crippen molar-refractivity contribution in [3.8, 4) is 5.88 Å². The van der Waals surface area contributed by atoms with Gasteiger partial charge in [0.05, 0.1) is 19.8 Å². The number of aromatic nitrogens is 1. The van der Waals surface area contributed by atoms with Crippen molar-refractivity contribution in [2.75, 3.05) is 57.5 Å². The van der Waals surface area contributed by atoms with E-state index in [1.54, 1.807) is 4.90 Å². The van der Waals surface area contributed by atoms with Crippen LogP contribution in [0.4, 0.5) is 16.3 Å². The third kappa shape index (κ3) is 7.15. The van der Waals surface area contributed by atoms with Gasteiger partial charge in [0, 0.05) is 44.0 Å². The molecule has 0 aliphatic carbocycles. The Labute approximate surface area is 200 Å². The summed E-state index contributed by atoms with van der Waals surface area (Å²) in [5, 5.41) is 8.69. The van der Waals surface area contributed by atoms with Gasteiger partial charge in [0.2, 0.25) is 5.88 Å². The quantitative estimate of drug-likeness (QED) is 0.419. The second kappa shape index (κ2) is 12.3. The van der Waals surface area contributed by atoms with Crippen LogP contribution in [0.1, 0.15) is 30.4 Å².